The van der Waals surface area contributed by atoms with Crippen LogP contribution in [0.15, 0.2) is 212 Å². The van der Waals surface area contributed by atoms with Gasteiger partial charge in [0.2, 0.25) is 11.9 Å². The molecule has 6 bridgehead atoms. The Morgan fingerprint density at radius 2 is 0.544 bits per heavy atom. The molecule has 0 N–H and O–H groups in total. The van der Waals surface area contributed by atoms with Gasteiger partial charge in [-0.2, -0.15) is 0 Å². The summed E-state index contributed by atoms with van der Waals surface area (Å²) >= 11 is 0. The Kier molecular flexibility index (Phi) is 7.67. The van der Waals surface area contributed by atoms with E-state index in [4.69, 9.17) is 9.97 Å². The van der Waals surface area contributed by atoms with Crippen molar-refractivity contribution >= 4 is 73.8 Å². The highest BCUT2D eigenvalue weighted by atomic mass is 15.3. The molecule has 0 unspecified atom stereocenters. The molecule has 1 aliphatic rings. The van der Waals surface area contributed by atoms with Crippen molar-refractivity contribution in [2.24, 2.45) is 0 Å². The molecule has 8 aromatic carbocycles. The lowest BCUT2D eigenvalue weighted by atomic mass is 10.1. The Balaban J connectivity index is 1.24. The lowest BCUT2D eigenvalue weighted by Crippen LogP contribution is -2.19. The van der Waals surface area contributed by atoms with Crippen LogP contribution in [0, 0.1) is 0 Å². The number of fused-ring (bicyclic) bond motifs is 8. The Hall–Kier alpha value is -7.90. The number of hydrogen-bond donors (Lipinski definition) is 0. The third-order valence-corrected chi connectivity index (χ3v) is 10.6. The van der Waals surface area contributed by atoms with Gasteiger partial charge in [-0.05, 0) is 115 Å². The zero-order chi connectivity index (χ0) is 37.7. The molecule has 270 valence electrons. The number of rotatable bonds is 5. The van der Waals surface area contributed by atoms with Gasteiger partial charge in [0, 0.05) is 28.4 Å². The van der Waals surface area contributed by atoms with Crippen molar-refractivity contribution in [3.63, 3.8) is 0 Å². The highest BCUT2D eigenvalue weighted by Crippen LogP contribution is 2.46. The minimum absolute atomic E-state index is 0.779. The topological polar surface area (TPSA) is 45.4 Å². The molecule has 3 heterocycles. The quantitative estimate of drug-likeness (QED) is 0.176. The first-order valence-electron chi connectivity index (χ1n) is 19.1. The minimum atomic E-state index is 0.779. The van der Waals surface area contributed by atoms with E-state index < -0.39 is 0 Å². The van der Waals surface area contributed by atoms with Crippen LogP contribution in [0.2, 0.25) is 0 Å². The molecule has 7 heteroatoms. The van der Waals surface area contributed by atoms with Gasteiger partial charge in [0.25, 0.3) is 0 Å². The first-order chi connectivity index (χ1) is 28.3. The molecule has 10 aromatic rings. The van der Waals surface area contributed by atoms with E-state index in [-0.39, 0.29) is 0 Å². The molecule has 57 heavy (non-hydrogen) atoms. The molecule has 0 saturated heterocycles. The predicted octanol–water partition coefficient (Wildman–Crippen LogP) is 13.1. The Morgan fingerprint density at radius 3 is 0.930 bits per heavy atom. The monoisotopic (exact) mass is 733 g/mol. The standard InChI is InChI=1S/C50H35N7/c1-4-17-36(18-5-1)53-39-23-14-25-41(33-39)54(49-51-45-29-10-12-31-47(45)56(49)37-19-6-2-7-20-37)43-27-16-28-44(35-43)55(42-26-15-24-40(53)34-42)50-52-46-30-11-13-32-48(46)57(50)38-21-8-3-9-22-38/h1-35H. The second kappa shape index (κ2) is 13.4. The summed E-state index contributed by atoms with van der Waals surface area (Å²) in [5.74, 6) is 1.56. The number of hydrogen-bond acceptors (Lipinski definition) is 5. The molecule has 0 amide bonds. The second-order valence-corrected chi connectivity index (χ2v) is 14.0. The largest absolute Gasteiger partial charge is 0.310 e. The number of aromatic nitrogens is 4. The van der Waals surface area contributed by atoms with Gasteiger partial charge in [-0.3, -0.25) is 18.9 Å². The molecule has 0 saturated carbocycles. The van der Waals surface area contributed by atoms with Crippen molar-refractivity contribution in [2.75, 3.05) is 14.7 Å². The van der Waals surface area contributed by atoms with Crippen molar-refractivity contribution in [3.05, 3.63) is 212 Å². The Labute approximate surface area is 330 Å². The van der Waals surface area contributed by atoms with Crippen molar-refractivity contribution in [1.82, 2.24) is 19.1 Å². The Morgan fingerprint density at radius 1 is 0.246 bits per heavy atom. The highest BCUT2D eigenvalue weighted by Gasteiger charge is 2.28. The van der Waals surface area contributed by atoms with E-state index in [1.165, 1.54) is 0 Å². The molecule has 1 aliphatic heterocycles. The summed E-state index contributed by atoms with van der Waals surface area (Å²) in [4.78, 5) is 17.7. The van der Waals surface area contributed by atoms with Crippen LogP contribution in [0.1, 0.15) is 0 Å². The maximum absolute atomic E-state index is 5.39. The van der Waals surface area contributed by atoms with Crippen molar-refractivity contribution < 1.29 is 0 Å². The molecule has 7 nitrogen and oxygen atoms in total. The van der Waals surface area contributed by atoms with Crippen LogP contribution in [0.5, 0.6) is 0 Å². The molecule has 0 atom stereocenters. The summed E-state index contributed by atoms with van der Waals surface area (Å²) < 4.78 is 4.51. The van der Waals surface area contributed by atoms with Crippen molar-refractivity contribution in [1.29, 1.82) is 0 Å². The third kappa shape index (κ3) is 5.52. The normalized spacial score (nSPS) is 12.5. The van der Waals surface area contributed by atoms with Gasteiger partial charge in [-0.1, -0.05) is 97.1 Å². The lowest BCUT2D eigenvalue weighted by Gasteiger charge is -2.32. The molecular formula is C50H35N7. The summed E-state index contributed by atoms with van der Waals surface area (Å²) in [6.45, 7) is 0. The third-order valence-electron chi connectivity index (χ3n) is 10.6. The van der Waals surface area contributed by atoms with Gasteiger partial charge >= 0.3 is 0 Å². The van der Waals surface area contributed by atoms with Crippen LogP contribution in [-0.4, -0.2) is 19.1 Å². The molecule has 0 spiro atoms. The van der Waals surface area contributed by atoms with Gasteiger partial charge in [-0.15, -0.1) is 0 Å². The number of anilines is 9. The number of nitrogens with zero attached hydrogens (tertiary/aromatic N) is 7. The molecular weight excluding hydrogens is 699 g/mol. The fraction of sp³-hybridized carbons (Fsp3) is 0. The van der Waals surface area contributed by atoms with Crippen LogP contribution >= 0.6 is 0 Å². The maximum Gasteiger partial charge on any atom is 0.220 e. The van der Waals surface area contributed by atoms with Crippen molar-refractivity contribution in [2.45, 2.75) is 0 Å². The molecule has 2 aromatic heterocycles. The van der Waals surface area contributed by atoms with E-state index >= 15 is 0 Å². The number of imidazole rings is 2. The fourth-order valence-electron chi connectivity index (χ4n) is 8.09. The molecule has 0 radical (unpaired) electrons. The van der Waals surface area contributed by atoms with Crippen LogP contribution in [0.25, 0.3) is 33.4 Å². The maximum atomic E-state index is 5.39. The fourth-order valence-corrected chi connectivity index (χ4v) is 8.09. The molecule has 0 fully saturated rings. The number of para-hydroxylation sites is 7. The summed E-state index contributed by atoms with van der Waals surface area (Å²) in [6, 6.07) is 74.4. The van der Waals surface area contributed by atoms with E-state index in [2.05, 4.69) is 224 Å². The van der Waals surface area contributed by atoms with E-state index in [0.29, 0.717) is 0 Å². The van der Waals surface area contributed by atoms with E-state index in [9.17, 15) is 0 Å². The van der Waals surface area contributed by atoms with Crippen LogP contribution in [0.3, 0.4) is 0 Å². The van der Waals surface area contributed by atoms with Crippen LogP contribution < -0.4 is 14.7 Å². The summed E-state index contributed by atoms with van der Waals surface area (Å²) in [6.07, 6.45) is 0. The SMILES string of the molecule is c1ccc(N2c3cccc(c3)N(c3nc4ccccc4n3-c3ccccc3)c3cccc(c3)N(c3nc4ccccc4n3-c3ccccc3)c3cccc2c3)cc1. The van der Waals surface area contributed by atoms with Gasteiger partial charge in [0.1, 0.15) is 0 Å². The van der Waals surface area contributed by atoms with Gasteiger partial charge in [0.15, 0.2) is 0 Å². The van der Waals surface area contributed by atoms with E-state index in [1.807, 2.05) is 12.1 Å². The van der Waals surface area contributed by atoms with E-state index in [0.717, 1.165) is 85.1 Å². The summed E-state index contributed by atoms with van der Waals surface area (Å²) in [5.41, 5.74) is 12.8. The minimum Gasteiger partial charge on any atom is -0.310 e. The van der Waals surface area contributed by atoms with E-state index in [1.54, 1.807) is 0 Å². The zero-order valence-corrected chi connectivity index (χ0v) is 30.8. The smallest absolute Gasteiger partial charge is 0.220 e. The van der Waals surface area contributed by atoms with Crippen molar-refractivity contribution in [3.8, 4) is 11.4 Å². The average Bonchev–Trinajstić information content (AvgIpc) is 3.84. The lowest BCUT2D eigenvalue weighted by molar-refractivity contribution is 1.02. The molecule has 11 rings (SSSR count). The summed E-state index contributed by atoms with van der Waals surface area (Å²) in [5, 5.41) is 0. The predicted molar refractivity (Wildman–Crippen MR) is 233 cm³/mol. The van der Waals surface area contributed by atoms with Gasteiger partial charge in [-0.25, -0.2) is 9.97 Å². The number of benzene rings is 8. The Bertz CT molecular complexity index is 2860. The zero-order valence-electron chi connectivity index (χ0n) is 30.8. The second-order valence-electron chi connectivity index (χ2n) is 14.0. The molecule has 0 aliphatic carbocycles. The van der Waals surface area contributed by atoms with Crippen LogP contribution in [-0.2, 0) is 0 Å². The first kappa shape index (κ1) is 32.5. The first-order valence-corrected chi connectivity index (χ1v) is 19.1. The summed E-state index contributed by atoms with van der Waals surface area (Å²) in [7, 11) is 0. The van der Waals surface area contributed by atoms with Gasteiger partial charge in [0.05, 0.1) is 44.8 Å². The van der Waals surface area contributed by atoms with Crippen LogP contribution in [0.4, 0.5) is 51.7 Å². The van der Waals surface area contributed by atoms with Gasteiger partial charge < -0.3 is 4.90 Å². The average molecular weight is 734 g/mol. The highest BCUT2D eigenvalue weighted by molar-refractivity contribution is 5.91.